The molecule has 3 atom stereocenters. The molecule has 0 radical (unpaired) electrons. The molecule has 2 fully saturated rings. The van der Waals surface area contributed by atoms with Gasteiger partial charge in [-0.15, -0.1) is 26.8 Å². The number of primary sulfonamides is 1. The Kier molecular flexibility index (Phi) is 6.48. The van der Waals surface area contributed by atoms with Gasteiger partial charge in [-0.2, -0.15) is 0 Å². The summed E-state index contributed by atoms with van der Waals surface area (Å²) in [7, 11) is -3.73. The van der Waals surface area contributed by atoms with E-state index in [4.69, 9.17) is 5.14 Å². The Hall–Kier alpha value is -2.84. The normalized spacial score (nSPS) is 24.4. The van der Waals surface area contributed by atoms with Gasteiger partial charge in [-0.25, -0.2) is 23.2 Å². The van der Waals surface area contributed by atoms with Crippen molar-refractivity contribution in [3.05, 3.63) is 6.33 Å². The Bertz CT molecular complexity index is 1200. The lowest BCUT2D eigenvalue weighted by molar-refractivity contribution is -0.157. The van der Waals surface area contributed by atoms with Gasteiger partial charge in [0.15, 0.2) is 12.4 Å². The molecule has 0 saturated carbocycles. The van der Waals surface area contributed by atoms with Crippen LogP contribution in [0.4, 0.5) is 0 Å². The van der Waals surface area contributed by atoms with Gasteiger partial charge in [0.1, 0.15) is 10.8 Å². The topological polar surface area (TPSA) is 225 Å². The number of sulfonamides is 1. The van der Waals surface area contributed by atoms with E-state index in [-0.39, 0.29) is 35.5 Å². The molecule has 2 aromatic rings. The summed E-state index contributed by atoms with van der Waals surface area (Å²) in [6.45, 7) is 1.11. The zero-order valence-corrected chi connectivity index (χ0v) is 20.0. The van der Waals surface area contributed by atoms with E-state index in [2.05, 4.69) is 31.1 Å². The molecule has 3 N–H and O–H groups in total. The molecule has 4 rings (SSSR count). The number of thioether (sulfide) groups is 2. The summed E-state index contributed by atoms with van der Waals surface area (Å²) in [6.07, 6.45) is 1.20. The minimum absolute atomic E-state index is 0.0235. The first-order valence-corrected chi connectivity index (χ1v) is 13.4. The summed E-state index contributed by atoms with van der Waals surface area (Å²) in [6, 6.07) is -0.865. The summed E-state index contributed by atoms with van der Waals surface area (Å²) in [5.74, 6) is -2.17. The van der Waals surface area contributed by atoms with Gasteiger partial charge in [-0.05, 0) is 20.9 Å². The van der Waals surface area contributed by atoms with Crippen LogP contribution in [0.2, 0.25) is 0 Å². The zero-order valence-electron chi connectivity index (χ0n) is 17.5. The van der Waals surface area contributed by atoms with Crippen molar-refractivity contribution in [1.82, 2.24) is 45.4 Å². The number of β-lactam (4-membered cyclic amide) rings is 1. The van der Waals surface area contributed by atoms with Gasteiger partial charge in [0.25, 0.3) is 5.91 Å². The number of hydrogen-bond donors (Lipinski definition) is 2. The van der Waals surface area contributed by atoms with E-state index in [1.165, 1.54) is 34.6 Å². The molecule has 2 aliphatic heterocycles. The molecular weight excluding hydrogens is 514 g/mol. The summed E-state index contributed by atoms with van der Waals surface area (Å²) in [4.78, 5) is 39.9. The Balaban J connectivity index is 1.46. The lowest BCUT2D eigenvalue weighted by atomic mass is 9.89. The molecule has 2 aliphatic rings. The van der Waals surface area contributed by atoms with E-state index < -0.39 is 44.6 Å². The quantitative estimate of drug-likeness (QED) is 0.236. The third-order valence-corrected chi connectivity index (χ3v) is 8.85. The van der Waals surface area contributed by atoms with Crippen LogP contribution in [0.5, 0.6) is 0 Å². The maximum Gasteiger partial charge on any atom is 0.313 e. The minimum atomic E-state index is -3.73. The number of nitrogens with zero attached hydrogens (tertiary/aromatic N) is 10. The van der Waals surface area contributed by atoms with Crippen molar-refractivity contribution >= 4 is 51.3 Å². The predicted molar refractivity (Wildman–Crippen MR) is 115 cm³/mol. The van der Waals surface area contributed by atoms with Gasteiger partial charge >= 0.3 is 5.97 Å². The van der Waals surface area contributed by atoms with E-state index in [0.717, 1.165) is 21.6 Å². The van der Waals surface area contributed by atoms with Crippen LogP contribution < -0.4 is 10.1 Å². The SMILES string of the molecule is CC(=O)N(C1C(=O)N2CC(CSc3nnnn3CCS(N)(=O)=O)(C(=O)O)CS[C@H]12)n1cnnn1. The number of carbonyl (C=O) groups is 3. The largest absolute Gasteiger partial charge is 0.481 e. The lowest BCUT2D eigenvalue weighted by Gasteiger charge is -2.55. The molecule has 2 saturated heterocycles. The van der Waals surface area contributed by atoms with E-state index >= 15 is 0 Å². The van der Waals surface area contributed by atoms with Crippen LogP contribution in [-0.2, 0) is 31.0 Å². The standard InChI is InChI=1S/C14H19N11O6S3/c1-8(26)25(24-7-16-18-21-24)9-10(27)22-4-14(12(28)29,5-32-11(9)22)6-33-13-17-19-20-23(13)2-3-34(15,30)31/h7,9,11H,2-6H2,1H3,(H,28,29)(H2,15,30,31)/t9?,11-,14?/m1/s1. The first kappa shape index (κ1) is 24.3. The first-order chi connectivity index (χ1) is 16.0. The molecule has 2 aromatic heterocycles. The van der Waals surface area contributed by atoms with E-state index in [1.807, 2.05) is 0 Å². The number of rotatable bonds is 9. The Morgan fingerprint density at radius 1 is 1.38 bits per heavy atom. The second kappa shape index (κ2) is 9.07. The van der Waals surface area contributed by atoms with Crippen LogP contribution in [0, 0.1) is 5.41 Å². The van der Waals surface area contributed by atoms with Crippen molar-refractivity contribution in [2.24, 2.45) is 10.6 Å². The number of aliphatic carboxylic acids is 1. The van der Waals surface area contributed by atoms with Crippen molar-refractivity contribution < 1.29 is 27.9 Å². The first-order valence-electron chi connectivity index (χ1n) is 9.60. The van der Waals surface area contributed by atoms with Crippen molar-refractivity contribution in [2.75, 3.05) is 28.8 Å². The number of amides is 2. The van der Waals surface area contributed by atoms with Crippen LogP contribution in [0.1, 0.15) is 6.92 Å². The molecule has 2 amide bonds. The summed E-state index contributed by atoms with van der Waals surface area (Å²) in [5.41, 5.74) is -1.32. The molecule has 0 aromatic carbocycles. The Morgan fingerprint density at radius 2 is 2.15 bits per heavy atom. The number of carbonyl (C=O) groups excluding carboxylic acids is 2. The van der Waals surface area contributed by atoms with Gasteiger partial charge in [-0.3, -0.25) is 14.4 Å². The number of carboxylic acid groups (broad SMARTS) is 1. The van der Waals surface area contributed by atoms with E-state index in [9.17, 15) is 27.9 Å². The highest BCUT2D eigenvalue weighted by atomic mass is 32.2. The van der Waals surface area contributed by atoms with Crippen molar-refractivity contribution in [2.45, 2.75) is 30.0 Å². The highest BCUT2D eigenvalue weighted by molar-refractivity contribution is 8.00. The Morgan fingerprint density at radius 3 is 2.76 bits per heavy atom. The highest BCUT2D eigenvalue weighted by Crippen LogP contribution is 2.45. The maximum atomic E-state index is 12.9. The number of nitrogens with two attached hydrogens (primary N) is 1. The third-order valence-electron chi connectivity index (χ3n) is 5.28. The van der Waals surface area contributed by atoms with Gasteiger partial charge in [-0.1, -0.05) is 11.8 Å². The number of fused-ring (bicyclic) bond motifs is 1. The van der Waals surface area contributed by atoms with Crippen molar-refractivity contribution in [3.63, 3.8) is 0 Å². The van der Waals surface area contributed by atoms with Gasteiger partial charge in [0.05, 0.1) is 12.3 Å². The van der Waals surface area contributed by atoms with Crippen molar-refractivity contribution in [1.29, 1.82) is 0 Å². The van der Waals surface area contributed by atoms with Crippen LogP contribution in [-0.4, -0.2) is 112 Å². The zero-order chi connectivity index (χ0) is 24.7. The fraction of sp³-hybridized carbons (Fsp3) is 0.643. The van der Waals surface area contributed by atoms with Gasteiger partial charge in [0, 0.05) is 25.0 Å². The number of aryl methyl sites for hydroxylation is 1. The monoisotopic (exact) mass is 533 g/mol. The summed E-state index contributed by atoms with van der Waals surface area (Å²) in [5, 5.41) is 37.6. The fourth-order valence-electron chi connectivity index (χ4n) is 3.55. The van der Waals surface area contributed by atoms with Gasteiger partial charge < -0.3 is 10.0 Å². The second-order valence-electron chi connectivity index (χ2n) is 7.63. The van der Waals surface area contributed by atoms with Crippen LogP contribution in [0.25, 0.3) is 0 Å². The van der Waals surface area contributed by atoms with Gasteiger partial charge in [0.2, 0.25) is 21.1 Å². The molecule has 34 heavy (non-hydrogen) atoms. The fourth-order valence-corrected chi connectivity index (χ4v) is 6.78. The molecule has 17 nitrogen and oxygen atoms in total. The number of tetrazole rings is 2. The number of carboxylic acids is 1. The second-order valence-corrected chi connectivity index (χ2v) is 11.4. The van der Waals surface area contributed by atoms with Crippen LogP contribution in [0.15, 0.2) is 11.5 Å². The van der Waals surface area contributed by atoms with E-state index in [0.29, 0.717) is 0 Å². The molecular formula is C14H19N11O6S3. The number of aromatic nitrogens is 8. The molecule has 2 unspecified atom stereocenters. The lowest BCUT2D eigenvalue weighted by Crippen LogP contribution is -2.76. The summed E-state index contributed by atoms with van der Waals surface area (Å²) >= 11 is 2.28. The average Bonchev–Trinajstić information content (AvgIpc) is 3.45. The maximum absolute atomic E-state index is 12.9. The third kappa shape index (κ3) is 4.57. The van der Waals surface area contributed by atoms with Crippen LogP contribution in [0.3, 0.4) is 0 Å². The molecule has 0 aliphatic carbocycles. The number of hydrogen-bond acceptors (Lipinski definition) is 13. The molecule has 184 valence electrons. The highest BCUT2D eigenvalue weighted by Gasteiger charge is 2.60. The van der Waals surface area contributed by atoms with Crippen molar-refractivity contribution in [3.8, 4) is 0 Å². The van der Waals surface area contributed by atoms with Crippen LogP contribution >= 0.6 is 23.5 Å². The Labute approximate surface area is 200 Å². The molecule has 0 bridgehead atoms. The minimum Gasteiger partial charge on any atom is -0.481 e. The van der Waals surface area contributed by atoms with E-state index in [1.54, 1.807) is 0 Å². The smallest absolute Gasteiger partial charge is 0.313 e. The predicted octanol–water partition coefficient (Wildman–Crippen LogP) is -3.42. The average molecular weight is 534 g/mol. The molecule has 4 heterocycles. The molecule has 0 spiro atoms. The summed E-state index contributed by atoms with van der Waals surface area (Å²) < 4.78 is 23.7. The molecule has 20 heteroatoms.